The van der Waals surface area contributed by atoms with Crippen LogP contribution in [-0.4, -0.2) is 37.2 Å². The van der Waals surface area contributed by atoms with E-state index >= 15 is 0 Å². The summed E-state index contributed by atoms with van der Waals surface area (Å²) in [6, 6.07) is 15.7. The van der Waals surface area contributed by atoms with Crippen LogP contribution in [0.5, 0.6) is 11.5 Å². The fourth-order valence-corrected chi connectivity index (χ4v) is 5.87. The Morgan fingerprint density at radius 2 is 1.81 bits per heavy atom. The van der Waals surface area contributed by atoms with Crippen molar-refractivity contribution in [1.82, 2.24) is 0 Å². The van der Waals surface area contributed by atoms with Crippen molar-refractivity contribution < 1.29 is 14.3 Å². The van der Waals surface area contributed by atoms with E-state index in [2.05, 4.69) is 6.07 Å². The first-order valence-corrected chi connectivity index (χ1v) is 11.1. The summed E-state index contributed by atoms with van der Waals surface area (Å²) in [5.41, 5.74) is 2.10. The number of methoxy groups -OCH3 is 1. The quantitative estimate of drug-likeness (QED) is 0.651. The molecule has 1 aliphatic rings. The maximum Gasteiger partial charge on any atom is 0.265 e. The minimum atomic E-state index is -0.0794. The second kappa shape index (κ2) is 9.42. The monoisotopic (exact) mass is 403 g/mol. The Morgan fingerprint density at radius 1 is 1.11 bits per heavy atom. The number of thioether (sulfide) groups is 2. The summed E-state index contributed by atoms with van der Waals surface area (Å²) < 4.78 is 11.8. The standard InChI is InChI=1S/C21H25NO3S2/c1-15(2)22(17-7-5-4-6-8-17)20(23)14-25-18-10-9-16(13-19(18)24-3)21-26-11-12-27-21/h4-10,13,15,21H,11-12,14H2,1-3H3. The Kier molecular flexibility index (Phi) is 6.96. The highest BCUT2D eigenvalue weighted by molar-refractivity contribution is 8.19. The average molecular weight is 404 g/mol. The number of rotatable bonds is 7. The van der Waals surface area contributed by atoms with Crippen LogP contribution in [-0.2, 0) is 4.79 Å². The maximum atomic E-state index is 12.8. The van der Waals surface area contributed by atoms with Crippen molar-refractivity contribution in [2.45, 2.75) is 24.5 Å². The highest BCUT2D eigenvalue weighted by Gasteiger charge is 2.22. The molecule has 1 saturated heterocycles. The van der Waals surface area contributed by atoms with Crippen LogP contribution in [0.1, 0.15) is 24.0 Å². The molecule has 1 amide bonds. The Hall–Kier alpha value is -1.79. The van der Waals surface area contributed by atoms with Gasteiger partial charge in [-0.1, -0.05) is 24.3 Å². The van der Waals surface area contributed by atoms with E-state index in [1.54, 1.807) is 12.0 Å². The number of hydrogen-bond donors (Lipinski definition) is 0. The van der Waals surface area contributed by atoms with Gasteiger partial charge in [-0.25, -0.2) is 0 Å². The lowest BCUT2D eigenvalue weighted by Crippen LogP contribution is -2.40. The highest BCUT2D eigenvalue weighted by Crippen LogP contribution is 2.46. The smallest absolute Gasteiger partial charge is 0.265 e. The third kappa shape index (κ3) is 4.93. The molecule has 1 heterocycles. The summed E-state index contributed by atoms with van der Waals surface area (Å²) >= 11 is 3.90. The second-order valence-electron chi connectivity index (χ2n) is 6.47. The molecule has 6 heteroatoms. The fraction of sp³-hybridized carbons (Fsp3) is 0.381. The normalized spacial score (nSPS) is 14.4. The molecular formula is C21H25NO3S2. The molecule has 0 saturated carbocycles. The molecule has 2 aromatic carbocycles. The number of ether oxygens (including phenoxy) is 2. The van der Waals surface area contributed by atoms with Gasteiger partial charge in [0.25, 0.3) is 5.91 Å². The van der Waals surface area contributed by atoms with Gasteiger partial charge in [-0.05, 0) is 43.7 Å². The van der Waals surface area contributed by atoms with Gasteiger partial charge in [-0.3, -0.25) is 4.79 Å². The number of hydrogen-bond acceptors (Lipinski definition) is 5. The Bertz CT molecular complexity index is 761. The number of carbonyl (C=O) groups excluding carboxylic acids is 1. The second-order valence-corrected chi connectivity index (χ2v) is 9.19. The molecule has 3 rings (SSSR count). The van der Waals surface area contributed by atoms with Gasteiger partial charge in [0.15, 0.2) is 18.1 Å². The molecule has 0 radical (unpaired) electrons. The Balaban J connectivity index is 1.70. The van der Waals surface area contributed by atoms with Crippen molar-refractivity contribution in [3.05, 3.63) is 54.1 Å². The molecule has 0 bridgehead atoms. The molecule has 4 nitrogen and oxygen atoms in total. The Morgan fingerprint density at radius 3 is 2.44 bits per heavy atom. The number of benzene rings is 2. The van der Waals surface area contributed by atoms with Crippen molar-refractivity contribution >= 4 is 35.1 Å². The number of amides is 1. The van der Waals surface area contributed by atoms with Crippen LogP contribution in [0.4, 0.5) is 5.69 Å². The van der Waals surface area contributed by atoms with E-state index < -0.39 is 0 Å². The van der Waals surface area contributed by atoms with Crippen molar-refractivity contribution in [3.63, 3.8) is 0 Å². The molecule has 27 heavy (non-hydrogen) atoms. The highest BCUT2D eigenvalue weighted by atomic mass is 32.2. The van der Waals surface area contributed by atoms with Gasteiger partial charge >= 0.3 is 0 Å². The molecule has 0 aromatic heterocycles. The van der Waals surface area contributed by atoms with Crippen molar-refractivity contribution in [2.24, 2.45) is 0 Å². The third-order valence-electron chi connectivity index (χ3n) is 4.25. The first kappa shape index (κ1) is 20.0. The summed E-state index contributed by atoms with van der Waals surface area (Å²) in [6.07, 6.45) is 0. The van der Waals surface area contributed by atoms with Gasteiger partial charge in [-0.2, -0.15) is 0 Å². The number of carbonyl (C=O) groups is 1. The molecule has 0 N–H and O–H groups in total. The van der Waals surface area contributed by atoms with Gasteiger partial charge < -0.3 is 14.4 Å². The third-order valence-corrected chi connectivity index (χ3v) is 7.36. The van der Waals surface area contributed by atoms with Crippen molar-refractivity contribution in [3.8, 4) is 11.5 Å². The number of nitrogens with zero attached hydrogens (tertiary/aromatic N) is 1. The predicted molar refractivity (Wildman–Crippen MR) is 115 cm³/mol. The number of anilines is 1. The topological polar surface area (TPSA) is 38.8 Å². The van der Waals surface area contributed by atoms with Gasteiger partial charge in [-0.15, -0.1) is 23.5 Å². The fourth-order valence-electron chi connectivity index (χ4n) is 3.03. The average Bonchev–Trinajstić information content (AvgIpc) is 3.21. The van der Waals surface area contributed by atoms with E-state index in [-0.39, 0.29) is 18.6 Å². The molecular weight excluding hydrogens is 378 g/mol. The lowest BCUT2D eigenvalue weighted by Gasteiger charge is -2.27. The van der Waals surface area contributed by atoms with Crippen LogP contribution < -0.4 is 14.4 Å². The summed E-state index contributed by atoms with van der Waals surface area (Å²) in [5, 5.41) is 0. The summed E-state index contributed by atoms with van der Waals surface area (Å²) in [5.74, 6) is 3.54. The molecule has 0 unspecified atom stereocenters. The van der Waals surface area contributed by atoms with Crippen LogP contribution in [0, 0.1) is 0 Å². The zero-order chi connectivity index (χ0) is 19.2. The minimum absolute atomic E-state index is 0.0320. The predicted octanol–water partition coefficient (Wildman–Crippen LogP) is 4.99. The van der Waals surface area contributed by atoms with Crippen LogP contribution >= 0.6 is 23.5 Å². The van der Waals surface area contributed by atoms with Crippen LogP contribution in [0.25, 0.3) is 0 Å². The van der Waals surface area contributed by atoms with Gasteiger partial charge in [0, 0.05) is 23.2 Å². The maximum absolute atomic E-state index is 12.8. The summed E-state index contributed by atoms with van der Waals surface area (Å²) in [4.78, 5) is 14.5. The van der Waals surface area contributed by atoms with E-state index in [9.17, 15) is 4.79 Å². The SMILES string of the molecule is COc1cc(C2SCCS2)ccc1OCC(=O)N(c1ccccc1)C(C)C. The molecule has 0 spiro atoms. The Labute approximate surface area is 169 Å². The van der Waals surface area contributed by atoms with Crippen LogP contribution in [0.2, 0.25) is 0 Å². The van der Waals surface area contributed by atoms with E-state index in [1.165, 1.54) is 17.1 Å². The molecule has 2 aromatic rings. The summed E-state index contributed by atoms with van der Waals surface area (Å²) in [6.45, 7) is 3.96. The molecule has 0 aliphatic carbocycles. The van der Waals surface area contributed by atoms with E-state index in [4.69, 9.17) is 9.47 Å². The molecule has 1 fully saturated rings. The largest absolute Gasteiger partial charge is 0.493 e. The molecule has 144 valence electrons. The zero-order valence-corrected chi connectivity index (χ0v) is 17.5. The lowest BCUT2D eigenvalue weighted by molar-refractivity contribution is -0.120. The van der Waals surface area contributed by atoms with Crippen molar-refractivity contribution in [1.29, 1.82) is 0 Å². The van der Waals surface area contributed by atoms with E-state index in [0.29, 0.717) is 16.1 Å². The van der Waals surface area contributed by atoms with E-state index in [0.717, 1.165) is 5.69 Å². The van der Waals surface area contributed by atoms with Crippen LogP contribution in [0.15, 0.2) is 48.5 Å². The molecule has 0 atom stereocenters. The van der Waals surface area contributed by atoms with Crippen LogP contribution in [0.3, 0.4) is 0 Å². The number of para-hydroxylation sites is 1. The van der Waals surface area contributed by atoms with Crippen molar-refractivity contribution in [2.75, 3.05) is 30.1 Å². The minimum Gasteiger partial charge on any atom is -0.493 e. The summed E-state index contributed by atoms with van der Waals surface area (Å²) in [7, 11) is 1.63. The molecule has 1 aliphatic heterocycles. The first-order valence-electron chi connectivity index (χ1n) is 9.01. The first-order chi connectivity index (χ1) is 13.1. The van der Waals surface area contributed by atoms with E-state index in [1.807, 2.05) is 79.8 Å². The zero-order valence-electron chi connectivity index (χ0n) is 15.9. The van der Waals surface area contributed by atoms with Gasteiger partial charge in [0.2, 0.25) is 0 Å². The van der Waals surface area contributed by atoms with Gasteiger partial charge in [0.1, 0.15) is 0 Å². The lowest BCUT2D eigenvalue weighted by atomic mass is 10.2. The van der Waals surface area contributed by atoms with Gasteiger partial charge in [0.05, 0.1) is 11.7 Å².